The summed E-state index contributed by atoms with van der Waals surface area (Å²) in [5.74, 6) is -0.147. The predicted octanol–water partition coefficient (Wildman–Crippen LogP) is 4.73. The minimum Gasteiger partial charge on any atom is -0.446 e. The van der Waals surface area contributed by atoms with Gasteiger partial charge in [-0.3, -0.25) is 15.1 Å². The molecule has 1 saturated carbocycles. The van der Waals surface area contributed by atoms with Gasteiger partial charge in [0.1, 0.15) is 6.10 Å². The molecule has 144 valence electrons. The first kappa shape index (κ1) is 18.4. The number of hydrogen-bond donors (Lipinski definition) is 2. The van der Waals surface area contributed by atoms with E-state index in [0.29, 0.717) is 10.8 Å². The van der Waals surface area contributed by atoms with Gasteiger partial charge in [-0.2, -0.15) is 0 Å². The Balaban J connectivity index is 1.57. The highest BCUT2D eigenvalue weighted by atomic mass is 32.1. The largest absolute Gasteiger partial charge is 0.446 e. The summed E-state index contributed by atoms with van der Waals surface area (Å²) in [5.41, 5.74) is 4.00. The number of aryl methyl sites for hydroxylation is 1. The Bertz CT molecular complexity index is 1060. The van der Waals surface area contributed by atoms with E-state index in [1.807, 2.05) is 31.2 Å². The number of pyridine rings is 1. The molecule has 28 heavy (non-hydrogen) atoms. The lowest BCUT2D eigenvalue weighted by Gasteiger charge is -2.25. The van der Waals surface area contributed by atoms with Crippen LogP contribution in [0.3, 0.4) is 0 Å². The van der Waals surface area contributed by atoms with Crippen molar-refractivity contribution in [2.24, 2.45) is 0 Å². The van der Waals surface area contributed by atoms with Crippen molar-refractivity contribution in [2.75, 3.05) is 10.6 Å². The molecule has 1 aliphatic carbocycles. The first-order valence-corrected chi connectivity index (χ1v) is 9.92. The van der Waals surface area contributed by atoms with Crippen molar-refractivity contribution in [3.8, 4) is 11.1 Å². The number of benzene rings is 1. The fourth-order valence-electron chi connectivity index (χ4n) is 2.91. The van der Waals surface area contributed by atoms with Crippen LogP contribution in [0.25, 0.3) is 21.3 Å². The van der Waals surface area contributed by atoms with Crippen LogP contribution < -0.4 is 10.6 Å². The lowest BCUT2D eigenvalue weighted by Crippen LogP contribution is -2.28. The van der Waals surface area contributed by atoms with E-state index in [2.05, 4.69) is 20.6 Å². The van der Waals surface area contributed by atoms with Gasteiger partial charge >= 0.3 is 6.09 Å². The molecule has 0 saturated heterocycles. The van der Waals surface area contributed by atoms with E-state index in [1.54, 1.807) is 6.20 Å². The summed E-state index contributed by atoms with van der Waals surface area (Å²) in [6.07, 6.45) is 4.33. The zero-order valence-corrected chi connectivity index (χ0v) is 16.4. The van der Waals surface area contributed by atoms with Crippen molar-refractivity contribution in [3.05, 3.63) is 36.2 Å². The van der Waals surface area contributed by atoms with E-state index >= 15 is 0 Å². The monoisotopic (exact) mass is 396 g/mol. The second-order valence-electron chi connectivity index (χ2n) is 6.82. The van der Waals surface area contributed by atoms with Crippen LogP contribution in [-0.4, -0.2) is 28.1 Å². The quantitative estimate of drug-likeness (QED) is 0.665. The molecule has 4 rings (SSSR count). The van der Waals surface area contributed by atoms with Gasteiger partial charge in [0.2, 0.25) is 5.91 Å². The van der Waals surface area contributed by atoms with Crippen molar-refractivity contribution >= 4 is 44.4 Å². The van der Waals surface area contributed by atoms with Crippen LogP contribution in [0.1, 0.15) is 31.9 Å². The molecule has 0 aliphatic heterocycles. The van der Waals surface area contributed by atoms with Crippen molar-refractivity contribution in [3.63, 3.8) is 0 Å². The summed E-state index contributed by atoms with van der Waals surface area (Å²) >= 11 is 1.41. The third-order valence-corrected chi connectivity index (χ3v) is 5.59. The van der Waals surface area contributed by atoms with E-state index in [4.69, 9.17) is 4.74 Å². The number of aromatic nitrogens is 2. The van der Waals surface area contributed by atoms with Gasteiger partial charge in [0, 0.05) is 18.7 Å². The smallest absolute Gasteiger partial charge is 0.411 e. The standard InChI is InChI=1S/C20H20N4O3S/c1-11-17(24-20(26)27-15-4-3-5-15)8-14(10-21-11)13-6-7-16-18(9-13)28-19(23-16)22-12(2)25/h6-10,15H,3-5H2,1-2H3,(H,24,26)(H,22,23,25). The number of ether oxygens (including phenoxy) is 1. The molecular formula is C20H20N4O3S. The Labute approximate surface area is 166 Å². The summed E-state index contributed by atoms with van der Waals surface area (Å²) in [6, 6.07) is 7.75. The number of carbonyl (C=O) groups is 2. The summed E-state index contributed by atoms with van der Waals surface area (Å²) < 4.78 is 6.32. The van der Waals surface area contributed by atoms with E-state index in [-0.39, 0.29) is 12.0 Å². The third kappa shape index (κ3) is 3.96. The normalized spacial score (nSPS) is 13.8. The number of hydrogen-bond acceptors (Lipinski definition) is 6. The first-order chi connectivity index (χ1) is 13.5. The van der Waals surface area contributed by atoms with Crippen LogP contribution in [0, 0.1) is 6.92 Å². The van der Waals surface area contributed by atoms with Crippen molar-refractivity contribution in [1.29, 1.82) is 0 Å². The Hall–Kier alpha value is -3.00. The highest BCUT2D eigenvalue weighted by Crippen LogP contribution is 2.32. The molecule has 0 atom stereocenters. The maximum absolute atomic E-state index is 12.1. The van der Waals surface area contributed by atoms with Crippen LogP contribution in [0.15, 0.2) is 30.5 Å². The lowest BCUT2D eigenvalue weighted by atomic mass is 9.96. The topological polar surface area (TPSA) is 93.2 Å². The molecule has 2 N–H and O–H groups in total. The number of nitrogens with zero attached hydrogens (tertiary/aromatic N) is 2. The van der Waals surface area contributed by atoms with Crippen LogP contribution in [0.4, 0.5) is 15.6 Å². The molecule has 3 aromatic rings. The highest BCUT2D eigenvalue weighted by molar-refractivity contribution is 7.22. The minimum absolute atomic E-state index is 0.0305. The van der Waals surface area contributed by atoms with Crippen LogP contribution >= 0.6 is 11.3 Å². The molecule has 0 unspecified atom stereocenters. The molecule has 0 bridgehead atoms. The van der Waals surface area contributed by atoms with Crippen molar-refractivity contribution in [1.82, 2.24) is 9.97 Å². The van der Waals surface area contributed by atoms with E-state index in [9.17, 15) is 9.59 Å². The average molecular weight is 396 g/mol. The fourth-order valence-corrected chi connectivity index (χ4v) is 3.86. The summed E-state index contributed by atoms with van der Waals surface area (Å²) in [7, 11) is 0. The second kappa shape index (κ2) is 7.55. The predicted molar refractivity (Wildman–Crippen MR) is 110 cm³/mol. The zero-order chi connectivity index (χ0) is 19.7. The number of nitrogens with one attached hydrogen (secondary N) is 2. The number of rotatable bonds is 4. The number of carbonyl (C=O) groups excluding carboxylic acids is 2. The molecule has 8 heteroatoms. The summed E-state index contributed by atoms with van der Waals surface area (Å²) in [6.45, 7) is 3.30. The molecule has 0 radical (unpaired) electrons. The van der Waals surface area contributed by atoms with Gasteiger partial charge in [0.15, 0.2) is 5.13 Å². The molecule has 1 aliphatic rings. The van der Waals surface area contributed by atoms with Gasteiger partial charge in [-0.25, -0.2) is 9.78 Å². The van der Waals surface area contributed by atoms with Crippen LogP contribution in [0.2, 0.25) is 0 Å². The molecule has 2 heterocycles. The van der Waals surface area contributed by atoms with Crippen LogP contribution in [-0.2, 0) is 9.53 Å². The first-order valence-electron chi connectivity index (χ1n) is 9.11. The van der Waals surface area contributed by atoms with Gasteiger partial charge in [-0.15, -0.1) is 0 Å². The zero-order valence-electron chi connectivity index (χ0n) is 15.6. The number of amides is 2. The molecular weight excluding hydrogens is 376 g/mol. The van der Waals surface area contributed by atoms with Gasteiger partial charge < -0.3 is 10.1 Å². The second-order valence-corrected chi connectivity index (χ2v) is 7.85. The molecule has 0 spiro atoms. The summed E-state index contributed by atoms with van der Waals surface area (Å²) in [4.78, 5) is 32.1. The summed E-state index contributed by atoms with van der Waals surface area (Å²) in [5, 5.41) is 6.08. The minimum atomic E-state index is -0.440. The number of thiazole rings is 1. The van der Waals surface area contributed by atoms with Crippen molar-refractivity contribution < 1.29 is 14.3 Å². The van der Waals surface area contributed by atoms with E-state index in [1.165, 1.54) is 18.3 Å². The van der Waals surface area contributed by atoms with Gasteiger partial charge in [-0.1, -0.05) is 17.4 Å². The lowest BCUT2D eigenvalue weighted by molar-refractivity contribution is -0.114. The van der Waals surface area contributed by atoms with Gasteiger partial charge in [0.25, 0.3) is 0 Å². The maximum atomic E-state index is 12.1. The third-order valence-electron chi connectivity index (χ3n) is 4.65. The fraction of sp³-hybridized carbons (Fsp3) is 0.300. The molecule has 1 aromatic carbocycles. The van der Waals surface area contributed by atoms with Gasteiger partial charge in [-0.05, 0) is 49.9 Å². The Kier molecular flexibility index (Phi) is 4.95. The van der Waals surface area contributed by atoms with Crippen LogP contribution in [0.5, 0.6) is 0 Å². The molecule has 2 amide bonds. The van der Waals surface area contributed by atoms with Gasteiger partial charge in [0.05, 0.1) is 21.6 Å². The Morgan fingerprint density at radius 3 is 2.71 bits per heavy atom. The molecule has 1 fully saturated rings. The van der Waals surface area contributed by atoms with Crippen molar-refractivity contribution in [2.45, 2.75) is 39.2 Å². The average Bonchev–Trinajstić information content (AvgIpc) is 3.00. The van der Waals surface area contributed by atoms with E-state index < -0.39 is 6.09 Å². The Morgan fingerprint density at radius 1 is 1.18 bits per heavy atom. The van der Waals surface area contributed by atoms with E-state index in [0.717, 1.165) is 46.3 Å². The molecule has 2 aromatic heterocycles. The highest BCUT2D eigenvalue weighted by Gasteiger charge is 2.22. The number of anilines is 2. The maximum Gasteiger partial charge on any atom is 0.411 e. The molecule has 7 nitrogen and oxygen atoms in total. The Morgan fingerprint density at radius 2 is 2.00 bits per heavy atom. The SMILES string of the molecule is CC(=O)Nc1nc2ccc(-c3cnc(C)c(NC(=O)OC4CCC4)c3)cc2s1. The number of fused-ring (bicyclic) bond motifs is 1.